The van der Waals surface area contributed by atoms with Gasteiger partial charge in [0.1, 0.15) is 5.54 Å². The van der Waals surface area contributed by atoms with Crippen LogP contribution in [-0.2, 0) is 11.2 Å². The molecule has 4 heteroatoms. The van der Waals surface area contributed by atoms with Crippen LogP contribution in [0.25, 0.3) is 0 Å². The number of nitrogens with zero attached hydrogens (tertiary/aromatic N) is 1. The minimum Gasteiger partial charge on any atom is -0.376 e. The monoisotopic (exact) mass is 285 g/mol. The van der Waals surface area contributed by atoms with Crippen LogP contribution >= 0.6 is 0 Å². The van der Waals surface area contributed by atoms with Crippen LogP contribution in [0.5, 0.6) is 0 Å². The van der Waals surface area contributed by atoms with E-state index in [0.717, 1.165) is 44.2 Å². The third kappa shape index (κ3) is 3.98. The molecule has 1 aliphatic rings. The lowest BCUT2D eigenvalue weighted by molar-refractivity contribution is -0.121. The quantitative estimate of drug-likeness (QED) is 0.874. The first-order valence-corrected chi connectivity index (χ1v) is 7.73. The minimum absolute atomic E-state index is 0.107. The number of nitriles is 1. The maximum Gasteiger partial charge on any atom is 0.240 e. The van der Waals surface area contributed by atoms with Crippen molar-refractivity contribution < 1.29 is 4.79 Å². The highest BCUT2D eigenvalue weighted by Gasteiger charge is 2.33. The average Bonchev–Trinajstić information content (AvgIpc) is 2.54. The number of rotatable bonds is 5. The summed E-state index contributed by atoms with van der Waals surface area (Å²) in [6.07, 6.45) is 5.63. The molecular formula is C17H23N3O. The largest absolute Gasteiger partial charge is 0.376 e. The van der Waals surface area contributed by atoms with Crippen LogP contribution in [0.2, 0.25) is 0 Å². The van der Waals surface area contributed by atoms with Crippen LogP contribution in [0.1, 0.15) is 44.6 Å². The fourth-order valence-corrected chi connectivity index (χ4v) is 2.91. The predicted molar refractivity (Wildman–Crippen MR) is 83.9 cm³/mol. The van der Waals surface area contributed by atoms with Crippen molar-refractivity contribution in [1.29, 1.82) is 5.26 Å². The number of para-hydroxylation sites is 1. The van der Waals surface area contributed by atoms with Crippen LogP contribution in [-0.4, -0.2) is 18.0 Å². The minimum atomic E-state index is -0.652. The van der Waals surface area contributed by atoms with Crippen molar-refractivity contribution in [2.24, 2.45) is 0 Å². The molecule has 1 aromatic carbocycles. The number of benzene rings is 1. The Morgan fingerprint density at radius 1 is 1.29 bits per heavy atom. The molecule has 0 radical (unpaired) electrons. The van der Waals surface area contributed by atoms with Gasteiger partial charge in [-0.1, -0.05) is 44.4 Å². The Labute approximate surface area is 126 Å². The average molecular weight is 285 g/mol. The first-order valence-electron chi connectivity index (χ1n) is 7.73. The highest BCUT2D eigenvalue weighted by Crippen LogP contribution is 2.27. The number of carbonyl (C=O) groups is 1. The first-order chi connectivity index (χ1) is 10.2. The number of amides is 1. The van der Waals surface area contributed by atoms with Gasteiger partial charge in [-0.25, -0.2) is 0 Å². The van der Waals surface area contributed by atoms with Crippen molar-refractivity contribution in [3.8, 4) is 6.07 Å². The lowest BCUT2D eigenvalue weighted by Crippen LogP contribution is -2.50. The standard InChI is InChI=1S/C17H23N3O/c1-2-14-8-4-5-9-15(14)19-12-16(21)20-17(13-18)10-6-3-7-11-17/h4-5,8-9,19H,2-3,6-7,10-12H2,1H3,(H,20,21). The van der Waals surface area contributed by atoms with Gasteiger partial charge < -0.3 is 10.6 Å². The Hall–Kier alpha value is -2.02. The van der Waals surface area contributed by atoms with E-state index in [4.69, 9.17) is 0 Å². The van der Waals surface area contributed by atoms with Gasteiger partial charge in [-0.2, -0.15) is 5.26 Å². The van der Waals surface area contributed by atoms with Gasteiger partial charge in [0.15, 0.2) is 0 Å². The topological polar surface area (TPSA) is 64.9 Å². The van der Waals surface area contributed by atoms with Crippen LogP contribution in [0, 0.1) is 11.3 Å². The summed E-state index contributed by atoms with van der Waals surface area (Å²) in [5, 5.41) is 15.5. The van der Waals surface area contributed by atoms with Crippen molar-refractivity contribution in [3.05, 3.63) is 29.8 Å². The summed E-state index contributed by atoms with van der Waals surface area (Å²) in [7, 11) is 0. The molecule has 112 valence electrons. The summed E-state index contributed by atoms with van der Waals surface area (Å²) in [6.45, 7) is 2.30. The zero-order chi connectivity index (χ0) is 15.1. The van der Waals surface area contributed by atoms with Crippen molar-refractivity contribution in [2.75, 3.05) is 11.9 Å². The fourth-order valence-electron chi connectivity index (χ4n) is 2.91. The molecular weight excluding hydrogens is 262 g/mol. The molecule has 1 fully saturated rings. The van der Waals surface area contributed by atoms with Crippen molar-refractivity contribution in [2.45, 2.75) is 51.0 Å². The van der Waals surface area contributed by atoms with E-state index < -0.39 is 5.54 Å². The lowest BCUT2D eigenvalue weighted by Gasteiger charge is -2.31. The molecule has 1 aliphatic carbocycles. The third-order valence-corrected chi connectivity index (χ3v) is 4.14. The second-order valence-electron chi connectivity index (χ2n) is 5.67. The molecule has 1 aromatic rings. The van der Waals surface area contributed by atoms with Crippen molar-refractivity contribution >= 4 is 11.6 Å². The Kier molecular flexibility index (Phi) is 5.21. The Morgan fingerprint density at radius 2 is 2.00 bits per heavy atom. The molecule has 2 rings (SSSR count). The second kappa shape index (κ2) is 7.12. The Balaban J connectivity index is 1.91. The molecule has 0 saturated heterocycles. The summed E-state index contributed by atoms with van der Waals surface area (Å²) in [5.41, 5.74) is 1.53. The maximum absolute atomic E-state index is 12.1. The van der Waals surface area contributed by atoms with Gasteiger partial charge >= 0.3 is 0 Å². The van der Waals surface area contributed by atoms with E-state index in [2.05, 4.69) is 29.7 Å². The second-order valence-corrected chi connectivity index (χ2v) is 5.67. The molecule has 0 heterocycles. The molecule has 0 unspecified atom stereocenters. The van der Waals surface area contributed by atoms with Gasteiger partial charge in [0.25, 0.3) is 0 Å². The maximum atomic E-state index is 12.1. The molecule has 0 atom stereocenters. The fraction of sp³-hybridized carbons (Fsp3) is 0.529. The smallest absolute Gasteiger partial charge is 0.240 e. The van der Waals surface area contributed by atoms with E-state index in [0.29, 0.717) is 0 Å². The van der Waals surface area contributed by atoms with Gasteiger partial charge in [-0.05, 0) is 30.9 Å². The Bertz CT molecular complexity index is 527. The number of hydrogen-bond donors (Lipinski definition) is 2. The highest BCUT2D eigenvalue weighted by molar-refractivity contribution is 5.82. The van der Waals surface area contributed by atoms with E-state index in [-0.39, 0.29) is 12.5 Å². The van der Waals surface area contributed by atoms with E-state index in [9.17, 15) is 10.1 Å². The number of anilines is 1. The number of carbonyl (C=O) groups excluding carboxylic acids is 1. The summed E-state index contributed by atoms with van der Waals surface area (Å²) in [5.74, 6) is -0.107. The highest BCUT2D eigenvalue weighted by atomic mass is 16.2. The summed E-state index contributed by atoms with van der Waals surface area (Å²) in [4.78, 5) is 12.1. The van der Waals surface area contributed by atoms with Gasteiger partial charge in [0, 0.05) is 5.69 Å². The predicted octanol–water partition coefficient (Wildman–Crippen LogP) is 3.00. The van der Waals surface area contributed by atoms with Crippen molar-refractivity contribution in [3.63, 3.8) is 0 Å². The number of aryl methyl sites for hydroxylation is 1. The van der Waals surface area contributed by atoms with Gasteiger partial charge in [0.05, 0.1) is 12.6 Å². The molecule has 1 amide bonds. The van der Waals surface area contributed by atoms with Gasteiger partial charge in [0.2, 0.25) is 5.91 Å². The van der Waals surface area contributed by atoms with E-state index in [1.807, 2.05) is 18.2 Å². The van der Waals surface area contributed by atoms with Crippen LogP contribution < -0.4 is 10.6 Å². The molecule has 0 aliphatic heterocycles. The van der Waals surface area contributed by atoms with Crippen LogP contribution in [0.4, 0.5) is 5.69 Å². The molecule has 21 heavy (non-hydrogen) atoms. The van der Waals surface area contributed by atoms with Gasteiger partial charge in [-0.3, -0.25) is 4.79 Å². The summed E-state index contributed by atoms with van der Waals surface area (Å²) >= 11 is 0. The molecule has 0 spiro atoms. The van der Waals surface area contributed by atoms with E-state index in [1.54, 1.807) is 0 Å². The third-order valence-electron chi connectivity index (χ3n) is 4.14. The molecule has 2 N–H and O–H groups in total. The first kappa shape index (κ1) is 15.4. The lowest BCUT2D eigenvalue weighted by atomic mass is 9.83. The van der Waals surface area contributed by atoms with E-state index >= 15 is 0 Å². The molecule has 0 bridgehead atoms. The van der Waals surface area contributed by atoms with Gasteiger partial charge in [-0.15, -0.1) is 0 Å². The Morgan fingerprint density at radius 3 is 2.67 bits per heavy atom. The SMILES string of the molecule is CCc1ccccc1NCC(=O)NC1(C#N)CCCCC1. The van der Waals surface area contributed by atoms with E-state index in [1.165, 1.54) is 5.56 Å². The normalized spacial score (nSPS) is 16.8. The zero-order valence-electron chi connectivity index (χ0n) is 12.6. The van der Waals surface area contributed by atoms with Crippen molar-refractivity contribution in [1.82, 2.24) is 5.32 Å². The summed E-state index contributed by atoms with van der Waals surface area (Å²) < 4.78 is 0. The zero-order valence-corrected chi connectivity index (χ0v) is 12.6. The summed E-state index contributed by atoms with van der Waals surface area (Å²) in [6, 6.07) is 10.3. The number of nitrogens with one attached hydrogen (secondary N) is 2. The molecule has 1 saturated carbocycles. The molecule has 0 aromatic heterocycles. The van der Waals surface area contributed by atoms with Crippen LogP contribution in [0.3, 0.4) is 0 Å². The number of hydrogen-bond acceptors (Lipinski definition) is 3. The van der Waals surface area contributed by atoms with Crippen LogP contribution in [0.15, 0.2) is 24.3 Å². The molecule has 4 nitrogen and oxygen atoms in total.